The molecule has 0 aliphatic heterocycles. The molecule has 0 amide bonds. The fourth-order valence-corrected chi connectivity index (χ4v) is 2.32. The zero-order chi connectivity index (χ0) is 11.8. The maximum absolute atomic E-state index is 10.4. The van der Waals surface area contributed by atoms with E-state index in [0.717, 1.165) is 16.5 Å². The van der Waals surface area contributed by atoms with E-state index in [1.807, 2.05) is 37.4 Å². The van der Waals surface area contributed by atoms with E-state index in [0.29, 0.717) is 6.04 Å². The van der Waals surface area contributed by atoms with E-state index < -0.39 is 6.10 Å². The van der Waals surface area contributed by atoms with Crippen LogP contribution in [0.5, 0.6) is 0 Å². The molecule has 1 heterocycles. The zero-order valence-corrected chi connectivity index (χ0v) is 9.98. The zero-order valence-electron chi connectivity index (χ0n) is 9.98. The van der Waals surface area contributed by atoms with E-state index in [1.165, 1.54) is 12.8 Å². The lowest BCUT2D eigenvalue weighted by molar-refractivity contribution is 0.136. The van der Waals surface area contributed by atoms with Crippen LogP contribution < -0.4 is 5.32 Å². The van der Waals surface area contributed by atoms with Gasteiger partial charge in [-0.25, -0.2) is 0 Å². The Kier molecular flexibility index (Phi) is 2.65. The number of fused-ring (bicyclic) bond motifs is 1. The molecule has 2 atom stereocenters. The highest BCUT2D eigenvalue weighted by atomic mass is 16.3. The Morgan fingerprint density at radius 3 is 2.88 bits per heavy atom. The molecule has 1 aromatic heterocycles. The van der Waals surface area contributed by atoms with Crippen molar-refractivity contribution < 1.29 is 5.11 Å². The van der Waals surface area contributed by atoms with Crippen LogP contribution >= 0.6 is 0 Å². The highest BCUT2D eigenvalue weighted by Crippen LogP contribution is 2.28. The second-order valence-electron chi connectivity index (χ2n) is 4.96. The summed E-state index contributed by atoms with van der Waals surface area (Å²) in [5.41, 5.74) is 2.07. The molecule has 17 heavy (non-hydrogen) atoms. The summed E-state index contributed by atoms with van der Waals surface area (Å²) in [4.78, 5) is 3.21. The van der Waals surface area contributed by atoms with Gasteiger partial charge in [0.2, 0.25) is 0 Å². The summed E-state index contributed by atoms with van der Waals surface area (Å²) in [7, 11) is 0. The summed E-state index contributed by atoms with van der Waals surface area (Å²) < 4.78 is 0. The number of aromatic nitrogens is 1. The van der Waals surface area contributed by atoms with Crippen LogP contribution in [-0.4, -0.2) is 22.2 Å². The van der Waals surface area contributed by atoms with Gasteiger partial charge < -0.3 is 15.4 Å². The van der Waals surface area contributed by atoms with Gasteiger partial charge in [0.1, 0.15) is 0 Å². The van der Waals surface area contributed by atoms with E-state index >= 15 is 0 Å². The predicted molar refractivity (Wildman–Crippen MR) is 68.9 cm³/mol. The third-order valence-electron chi connectivity index (χ3n) is 3.49. The minimum Gasteiger partial charge on any atom is -0.387 e. The van der Waals surface area contributed by atoms with Gasteiger partial charge in [0, 0.05) is 34.7 Å². The number of aromatic amines is 1. The molecule has 3 N–H and O–H groups in total. The topological polar surface area (TPSA) is 48.0 Å². The van der Waals surface area contributed by atoms with Crippen LogP contribution in [0, 0.1) is 0 Å². The lowest BCUT2D eigenvalue weighted by atomic mass is 10.0. The van der Waals surface area contributed by atoms with Crippen molar-refractivity contribution in [2.24, 2.45) is 0 Å². The van der Waals surface area contributed by atoms with E-state index in [9.17, 15) is 5.11 Å². The van der Waals surface area contributed by atoms with Crippen LogP contribution in [-0.2, 0) is 0 Å². The van der Waals surface area contributed by atoms with Gasteiger partial charge in [-0.1, -0.05) is 18.2 Å². The minimum atomic E-state index is -0.452. The van der Waals surface area contributed by atoms with E-state index in [-0.39, 0.29) is 6.04 Å². The summed E-state index contributed by atoms with van der Waals surface area (Å²) in [6, 6.07) is 8.80. The van der Waals surface area contributed by atoms with Crippen molar-refractivity contribution in [2.75, 3.05) is 0 Å². The number of aliphatic hydroxyl groups excluding tert-OH is 1. The van der Waals surface area contributed by atoms with Crippen LogP contribution in [0.15, 0.2) is 30.5 Å². The number of rotatable bonds is 4. The Labute approximate surface area is 101 Å². The molecule has 3 heteroatoms. The Hall–Kier alpha value is -1.32. The predicted octanol–water partition coefficient (Wildman–Crippen LogP) is 2.34. The molecular weight excluding hydrogens is 212 g/mol. The Balaban J connectivity index is 1.86. The standard InChI is InChI=1S/C14H18N2O/c1-9(16-10-6-7-10)14(17)12-8-15-13-5-3-2-4-11(12)13/h2-5,8-10,14-17H,6-7H2,1H3. The van der Waals surface area contributed by atoms with E-state index in [2.05, 4.69) is 10.3 Å². The molecule has 2 unspecified atom stereocenters. The first-order valence-electron chi connectivity index (χ1n) is 6.26. The first-order valence-corrected chi connectivity index (χ1v) is 6.26. The van der Waals surface area contributed by atoms with Crippen molar-refractivity contribution in [3.05, 3.63) is 36.0 Å². The molecule has 2 aromatic rings. The molecule has 0 radical (unpaired) electrons. The smallest absolute Gasteiger partial charge is 0.0960 e. The number of benzene rings is 1. The molecule has 3 rings (SSSR count). The third kappa shape index (κ3) is 2.08. The number of para-hydroxylation sites is 1. The summed E-state index contributed by atoms with van der Waals surface area (Å²) in [5.74, 6) is 0. The largest absolute Gasteiger partial charge is 0.387 e. The third-order valence-corrected chi connectivity index (χ3v) is 3.49. The number of hydrogen-bond acceptors (Lipinski definition) is 2. The van der Waals surface area contributed by atoms with Gasteiger partial charge in [-0.05, 0) is 25.8 Å². The van der Waals surface area contributed by atoms with Crippen molar-refractivity contribution in [1.29, 1.82) is 0 Å². The average Bonchev–Trinajstić information content (AvgIpc) is 3.05. The van der Waals surface area contributed by atoms with Crippen molar-refractivity contribution in [2.45, 2.75) is 38.0 Å². The highest BCUT2D eigenvalue weighted by molar-refractivity contribution is 5.83. The Bertz CT molecular complexity index is 516. The molecule has 1 saturated carbocycles. The average molecular weight is 230 g/mol. The lowest BCUT2D eigenvalue weighted by Gasteiger charge is -2.19. The first kappa shape index (κ1) is 10.8. The molecular formula is C14H18N2O. The van der Waals surface area contributed by atoms with Crippen molar-refractivity contribution in [3.63, 3.8) is 0 Å². The molecule has 0 spiro atoms. The molecule has 1 aliphatic rings. The number of hydrogen-bond donors (Lipinski definition) is 3. The Morgan fingerprint density at radius 2 is 2.12 bits per heavy atom. The van der Waals surface area contributed by atoms with Gasteiger partial charge in [0.15, 0.2) is 0 Å². The monoisotopic (exact) mass is 230 g/mol. The Morgan fingerprint density at radius 1 is 1.35 bits per heavy atom. The SMILES string of the molecule is CC(NC1CC1)C(O)c1c[nH]c2ccccc12. The summed E-state index contributed by atoms with van der Waals surface area (Å²) >= 11 is 0. The minimum absolute atomic E-state index is 0.0988. The maximum atomic E-state index is 10.4. The van der Waals surface area contributed by atoms with Gasteiger partial charge in [-0.3, -0.25) is 0 Å². The molecule has 1 aromatic carbocycles. The summed E-state index contributed by atoms with van der Waals surface area (Å²) in [6.07, 6.45) is 3.95. The van der Waals surface area contributed by atoms with E-state index in [4.69, 9.17) is 0 Å². The van der Waals surface area contributed by atoms with Crippen molar-refractivity contribution in [1.82, 2.24) is 10.3 Å². The molecule has 90 valence electrons. The van der Waals surface area contributed by atoms with Gasteiger partial charge in [0.25, 0.3) is 0 Å². The van der Waals surface area contributed by atoms with Gasteiger partial charge in [0.05, 0.1) is 6.10 Å². The second-order valence-corrected chi connectivity index (χ2v) is 4.96. The highest BCUT2D eigenvalue weighted by Gasteiger charge is 2.27. The van der Waals surface area contributed by atoms with Gasteiger partial charge >= 0.3 is 0 Å². The van der Waals surface area contributed by atoms with Gasteiger partial charge in [-0.2, -0.15) is 0 Å². The van der Waals surface area contributed by atoms with Crippen LogP contribution in [0.2, 0.25) is 0 Å². The van der Waals surface area contributed by atoms with Crippen molar-refractivity contribution in [3.8, 4) is 0 Å². The van der Waals surface area contributed by atoms with Crippen LogP contribution in [0.1, 0.15) is 31.4 Å². The fourth-order valence-electron chi connectivity index (χ4n) is 2.32. The fraction of sp³-hybridized carbons (Fsp3) is 0.429. The van der Waals surface area contributed by atoms with Gasteiger partial charge in [-0.15, -0.1) is 0 Å². The summed E-state index contributed by atoms with van der Waals surface area (Å²) in [5, 5.41) is 14.9. The quantitative estimate of drug-likeness (QED) is 0.755. The molecule has 0 saturated heterocycles. The summed E-state index contributed by atoms with van der Waals surface area (Å²) in [6.45, 7) is 2.05. The first-order chi connectivity index (χ1) is 8.25. The molecule has 3 nitrogen and oxygen atoms in total. The molecule has 1 aliphatic carbocycles. The number of aliphatic hydroxyl groups is 1. The van der Waals surface area contributed by atoms with Crippen LogP contribution in [0.25, 0.3) is 10.9 Å². The molecule has 0 bridgehead atoms. The maximum Gasteiger partial charge on any atom is 0.0960 e. The second kappa shape index (κ2) is 4.17. The normalized spacial score (nSPS) is 19.4. The van der Waals surface area contributed by atoms with Crippen LogP contribution in [0.3, 0.4) is 0 Å². The number of nitrogens with one attached hydrogen (secondary N) is 2. The van der Waals surface area contributed by atoms with Crippen LogP contribution in [0.4, 0.5) is 0 Å². The molecule has 1 fully saturated rings. The van der Waals surface area contributed by atoms with E-state index in [1.54, 1.807) is 0 Å². The lowest BCUT2D eigenvalue weighted by Crippen LogP contribution is -2.33. The van der Waals surface area contributed by atoms with Crippen molar-refractivity contribution >= 4 is 10.9 Å². The number of H-pyrrole nitrogens is 1.